The number of amides is 3. The van der Waals surface area contributed by atoms with Gasteiger partial charge in [-0.1, -0.05) is 13.8 Å². The molecule has 14 heteroatoms. The molecule has 4 atom stereocenters. The van der Waals surface area contributed by atoms with Gasteiger partial charge < -0.3 is 36.8 Å². The minimum atomic E-state index is -1.18. The van der Waals surface area contributed by atoms with Crippen LogP contribution in [0.2, 0.25) is 0 Å². The fourth-order valence-electron chi connectivity index (χ4n) is 3.37. The minimum absolute atomic E-state index is 0.0462. The average Bonchev–Trinajstić information content (AvgIpc) is 3.53. The Bertz CT molecular complexity index is 983. The lowest BCUT2D eigenvalue weighted by molar-refractivity contribution is -0.143. The quantitative estimate of drug-likeness (QED) is 0.156. The Hall–Kier alpha value is -3.39. The molecule has 36 heavy (non-hydrogen) atoms. The fraction of sp³-hybridized carbons (Fsp3) is 0.545. The zero-order valence-electron chi connectivity index (χ0n) is 20.5. The molecule has 0 spiro atoms. The third-order valence-corrected chi connectivity index (χ3v) is 6.06. The number of nitrogens with two attached hydrogens (primary N) is 1. The molecule has 0 radical (unpaired) electrons. The normalized spacial score (nSPS) is 14.5. The molecular formula is C22H34N8O5S. The first-order valence-electron chi connectivity index (χ1n) is 11.4. The van der Waals surface area contributed by atoms with E-state index in [1.807, 2.05) is 6.26 Å². The van der Waals surface area contributed by atoms with E-state index in [0.717, 1.165) is 0 Å². The molecule has 2 aromatic heterocycles. The highest BCUT2D eigenvalue weighted by atomic mass is 32.2. The number of nitrogens with zero attached hydrogens (tertiary/aromatic N) is 2. The van der Waals surface area contributed by atoms with Crippen LogP contribution in [0.1, 0.15) is 31.7 Å². The highest BCUT2D eigenvalue weighted by Gasteiger charge is 2.31. The summed E-state index contributed by atoms with van der Waals surface area (Å²) >= 11 is 1.50. The Morgan fingerprint density at radius 3 is 2.00 bits per heavy atom. The SMILES string of the molecule is CSCCC(NC(=O)C(N)Cc1cnc[nH]1)C(=O)NC(Cc1cnc[nH]1)C(=O)NC(C(=O)O)C(C)C. The van der Waals surface area contributed by atoms with Crippen LogP contribution in [0.5, 0.6) is 0 Å². The van der Waals surface area contributed by atoms with Crippen LogP contribution in [-0.4, -0.2) is 84.9 Å². The Labute approximate surface area is 213 Å². The standard InChI is InChI=1S/C22H34N8O5S/c1-12(2)18(22(34)35)30-21(33)17(7-14-9-25-11-27-14)29-20(32)16(4-5-36-3)28-19(31)15(23)6-13-8-24-10-26-13/h8-12,15-18H,4-7,23H2,1-3H3,(H,24,26)(H,25,27)(H,28,31)(H,29,32)(H,30,33)(H,34,35). The number of aromatic amines is 2. The first kappa shape index (κ1) is 28.8. The van der Waals surface area contributed by atoms with E-state index >= 15 is 0 Å². The third kappa shape index (κ3) is 9.00. The summed E-state index contributed by atoms with van der Waals surface area (Å²) in [6.45, 7) is 3.34. The van der Waals surface area contributed by atoms with E-state index in [0.29, 0.717) is 23.6 Å². The summed E-state index contributed by atoms with van der Waals surface area (Å²) in [5.41, 5.74) is 7.25. The number of carboxylic acids is 1. The Kier molecular flexibility index (Phi) is 11.4. The number of aliphatic carboxylic acids is 1. The predicted molar refractivity (Wildman–Crippen MR) is 134 cm³/mol. The van der Waals surface area contributed by atoms with E-state index in [2.05, 4.69) is 35.9 Å². The maximum atomic E-state index is 13.2. The lowest BCUT2D eigenvalue weighted by atomic mass is 10.0. The van der Waals surface area contributed by atoms with Crippen LogP contribution < -0.4 is 21.7 Å². The van der Waals surface area contributed by atoms with Crippen molar-refractivity contribution in [3.8, 4) is 0 Å². The van der Waals surface area contributed by atoms with Crippen LogP contribution in [0.15, 0.2) is 25.0 Å². The Morgan fingerprint density at radius 2 is 1.50 bits per heavy atom. The van der Waals surface area contributed by atoms with Crippen molar-refractivity contribution in [1.82, 2.24) is 35.9 Å². The van der Waals surface area contributed by atoms with Gasteiger partial charge in [0.05, 0.1) is 18.7 Å². The van der Waals surface area contributed by atoms with Gasteiger partial charge in [-0.2, -0.15) is 11.8 Å². The lowest BCUT2D eigenvalue weighted by Gasteiger charge is -2.26. The number of carboxylic acid groups (broad SMARTS) is 1. The molecule has 198 valence electrons. The number of carbonyl (C=O) groups is 4. The smallest absolute Gasteiger partial charge is 0.326 e. The molecule has 0 saturated carbocycles. The van der Waals surface area contributed by atoms with Crippen LogP contribution in [0.3, 0.4) is 0 Å². The molecule has 2 aromatic rings. The molecule has 0 aliphatic carbocycles. The van der Waals surface area contributed by atoms with E-state index in [1.54, 1.807) is 20.0 Å². The lowest BCUT2D eigenvalue weighted by Crippen LogP contribution is -2.58. The molecule has 0 fully saturated rings. The fourth-order valence-corrected chi connectivity index (χ4v) is 3.85. The second-order valence-corrected chi connectivity index (χ2v) is 9.63. The van der Waals surface area contributed by atoms with Crippen molar-refractivity contribution in [2.75, 3.05) is 12.0 Å². The van der Waals surface area contributed by atoms with Crippen molar-refractivity contribution in [3.05, 3.63) is 36.4 Å². The number of hydrogen-bond acceptors (Lipinski definition) is 8. The van der Waals surface area contributed by atoms with Gasteiger partial charge in [0.25, 0.3) is 0 Å². The molecular weight excluding hydrogens is 488 g/mol. The number of thioether (sulfide) groups is 1. The summed E-state index contributed by atoms with van der Waals surface area (Å²) in [7, 11) is 0. The van der Waals surface area contributed by atoms with Gasteiger partial charge in [-0.25, -0.2) is 14.8 Å². The molecule has 2 rings (SSSR count). The maximum absolute atomic E-state index is 13.2. The summed E-state index contributed by atoms with van der Waals surface area (Å²) in [6.07, 6.45) is 8.40. The van der Waals surface area contributed by atoms with Gasteiger partial charge in [0, 0.05) is 36.6 Å². The van der Waals surface area contributed by atoms with E-state index in [-0.39, 0.29) is 18.8 Å². The van der Waals surface area contributed by atoms with Crippen molar-refractivity contribution < 1.29 is 24.3 Å². The first-order chi connectivity index (χ1) is 17.1. The first-order valence-corrected chi connectivity index (χ1v) is 12.8. The molecule has 0 aromatic carbocycles. The average molecular weight is 523 g/mol. The molecule has 0 bridgehead atoms. The van der Waals surface area contributed by atoms with Crippen LogP contribution in [0, 0.1) is 5.92 Å². The van der Waals surface area contributed by atoms with E-state index < -0.39 is 47.9 Å². The van der Waals surface area contributed by atoms with Gasteiger partial charge >= 0.3 is 5.97 Å². The van der Waals surface area contributed by atoms with E-state index in [9.17, 15) is 24.3 Å². The molecule has 4 unspecified atom stereocenters. The maximum Gasteiger partial charge on any atom is 0.326 e. The molecule has 8 N–H and O–H groups in total. The molecule has 3 amide bonds. The van der Waals surface area contributed by atoms with Crippen molar-refractivity contribution in [3.63, 3.8) is 0 Å². The van der Waals surface area contributed by atoms with E-state index in [4.69, 9.17) is 5.73 Å². The summed E-state index contributed by atoms with van der Waals surface area (Å²) in [6, 6.07) is -4.10. The number of carbonyl (C=O) groups excluding carboxylic acids is 3. The number of hydrogen-bond donors (Lipinski definition) is 7. The van der Waals surface area contributed by atoms with Crippen LogP contribution in [0.4, 0.5) is 0 Å². The van der Waals surface area contributed by atoms with Crippen LogP contribution in [-0.2, 0) is 32.0 Å². The van der Waals surface area contributed by atoms with Crippen molar-refractivity contribution in [2.45, 2.75) is 57.3 Å². The molecule has 0 saturated heterocycles. The highest BCUT2D eigenvalue weighted by molar-refractivity contribution is 7.98. The highest BCUT2D eigenvalue weighted by Crippen LogP contribution is 2.07. The van der Waals surface area contributed by atoms with Crippen LogP contribution >= 0.6 is 11.8 Å². The number of rotatable bonds is 15. The van der Waals surface area contributed by atoms with Gasteiger partial charge in [0.15, 0.2) is 0 Å². The zero-order chi connectivity index (χ0) is 26.7. The minimum Gasteiger partial charge on any atom is -0.480 e. The topological polar surface area (TPSA) is 208 Å². The van der Waals surface area contributed by atoms with Crippen LogP contribution in [0.25, 0.3) is 0 Å². The molecule has 0 aliphatic heterocycles. The summed E-state index contributed by atoms with van der Waals surface area (Å²) in [5, 5.41) is 17.3. The van der Waals surface area contributed by atoms with Crippen molar-refractivity contribution >= 4 is 35.5 Å². The number of nitrogens with one attached hydrogen (secondary N) is 5. The van der Waals surface area contributed by atoms with Gasteiger partial charge in [0.2, 0.25) is 17.7 Å². The predicted octanol–water partition coefficient (Wildman–Crippen LogP) is -0.807. The summed E-state index contributed by atoms with van der Waals surface area (Å²) in [5.74, 6) is -2.75. The molecule has 13 nitrogen and oxygen atoms in total. The largest absolute Gasteiger partial charge is 0.480 e. The van der Waals surface area contributed by atoms with Crippen molar-refractivity contribution in [1.29, 1.82) is 0 Å². The summed E-state index contributed by atoms with van der Waals surface area (Å²) < 4.78 is 0. The van der Waals surface area contributed by atoms with Gasteiger partial charge in [-0.3, -0.25) is 14.4 Å². The number of H-pyrrole nitrogens is 2. The zero-order valence-corrected chi connectivity index (χ0v) is 21.3. The third-order valence-electron chi connectivity index (χ3n) is 5.42. The Morgan fingerprint density at radius 1 is 0.944 bits per heavy atom. The monoisotopic (exact) mass is 522 g/mol. The summed E-state index contributed by atoms with van der Waals surface area (Å²) in [4.78, 5) is 64.1. The Balaban J connectivity index is 2.14. The van der Waals surface area contributed by atoms with Gasteiger partial charge in [-0.05, 0) is 24.3 Å². The number of imidazole rings is 2. The molecule has 0 aliphatic rings. The van der Waals surface area contributed by atoms with Gasteiger partial charge in [-0.15, -0.1) is 0 Å². The van der Waals surface area contributed by atoms with Gasteiger partial charge in [0.1, 0.15) is 18.1 Å². The number of aromatic nitrogens is 4. The van der Waals surface area contributed by atoms with Crippen molar-refractivity contribution in [2.24, 2.45) is 11.7 Å². The molecule has 2 heterocycles. The second-order valence-electron chi connectivity index (χ2n) is 8.64. The van der Waals surface area contributed by atoms with E-state index in [1.165, 1.54) is 30.6 Å². The second kappa shape index (κ2) is 14.2.